The van der Waals surface area contributed by atoms with Crippen LogP contribution in [-0.4, -0.2) is 39.6 Å². The Hall–Kier alpha value is -2.68. The second-order valence-corrected chi connectivity index (χ2v) is 6.78. The molecule has 0 aromatic carbocycles. The smallest absolute Gasteiger partial charge is 0.369 e. The lowest BCUT2D eigenvalue weighted by molar-refractivity contribution is -0.140. The van der Waals surface area contributed by atoms with E-state index < -0.39 is 11.9 Å². The van der Waals surface area contributed by atoms with Crippen molar-refractivity contribution in [1.29, 1.82) is 0 Å². The van der Waals surface area contributed by atoms with Crippen LogP contribution < -0.4 is 10.2 Å². The minimum Gasteiger partial charge on any atom is -0.369 e. The first-order chi connectivity index (χ1) is 13.5. The van der Waals surface area contributed by atoms with Crippen LogP contribution >= 0.6 is 12.4 Å². The molecule has 0 spiro atoms. The average Bonchev–Trinajstić information content (AvgIpc) is 2.72. The highest BCUT2D eigenvalue weighted by atomic mass is 35.5. The van der Waals surface area contributed by atoms with Crippen molar-refractivity contribution in [1.82, 2.24) is 19.9 Å². The number of alkyl halides is 3. The molecule has 0 bridgehead atoms. The summed E-state index contributed by atoms with van der Waals surface area (Å²) in [6.45, 7) is 2.45. The van der Waals surface area contributed by atoms with E-state index in [0.717, 1.165) is 37.9 Å². The van der Waals surface area contributed by atoms with Crippen LogP contribution in [0.5, 0.6) is 0 Å². The Labute approximate surface area is 172 Å². The molecule has 4 heterocycles. The molecule has 0 amide bonds. The predicted octanol–water partition coefficient (Wildman–Crippen LogP) is 4.19. The molecule has 3 aromatic rings. The summed E-state index contributed by atoms with van der Waals surface area (Å²) < 4.78 is 38.6. The zero-order valence-electron chi connectivity index (χ0n) is 15.4. The molecule has 0 atom stereocenters. The summed E-state index contributed by atoms with van der Waals surface area (Å²) in [6.07, 6.45) is 2.45. The lowest BCUT2D eigenvalue weighted by Gasteiger charge is -2.32. The number of nitrogens with one attached hydrogen (secondary N) is 1. The van der Waals surface area contributed by atoms with Crippen LogP contribution in [0.25, 0.3) is 10.9 Å². The van der Waals surface area contributed by atoms with E-state index in [9.17, 15) is 13.2 Å². The van der Waals surface area contributed by atoms with Gasteiger partial charge in [-0.15, -0.1) is 12.4 Å². The van der Waals surface area contributed by atoms with Gasteiger partial charge in [-0.3, -0.25) is 0 Å². The van der Waals surface area contributed by atoms with Gasteiger partial charge in [0.1, 0.15) is 11.5 Å². The number of hydrogen-bond acceptors (Lipinski definition) is 6. The molecule has 0 unspecified atom stereocenters. The van der Waals surface area contributed by atoms with Crippen LogP contribution in [0.4, 0.5) is 24.9 Å². The quantitative estimate of drug-likeness (QED) is 0.677. The molecule has 3 aromatic heterocycles. The molecule has 1 aliphatic heterocycles. The Morgan fingerprint density at radius 2 is 1.72 bits per heavy atom. The molecule has 6 nitrogen and oxygen atoms in total. The summed E-state index contributed by atoms with van der Waals surface area (Å²) >= 11 is 0. The maximum atomic E-state index is 12.9. The topological polar surface area (TPSA) is 66.8 Å². The molecule has 1 aliphatic rings. The Bertz CT molecular complexity index is 946. The summed E-state index contributed by atoms with van der Waals surface area (Å²) in [5.74, 6) is 1.75. The van der Waals surface area contributed by atoms with E-state index in [1.54, 1.807) is 18.5 Å². The number of aromatic nitrogens is 4. The monoisotopic (exact) mass is 424 g/mol. The van der Waals surface area contributed by atoms with Crippen LogP contribution in [0.2, 0.25) is 0 Å². The van der Waals surface area contributed by atoms with E-state index in [2.05, 4.69) is 30.2 Å². The third kappa shape index (κ3) is 4.84. The summed E-state index contributed by atoms with van der Waals surface area (Å²) in [5, 5.41) is 3.88. The molecule has 1 N–H and O–H groups in total. The number of fused-ring (bicyclic) bond motifs is 1. The number of piperidine rings is 1. The van der Waals surface area contributed by atoms with Crippen molar-refractivity contribution < 1.29 is 13.2 Å². The number of hydrogen-bond donors (Lipinski definition) is 1. The molecular weight excluding hydrogens is 405 g/mol. The highest BCUT2D eigenvalue weighted by Gasteiger charge is 2.32. The molecule has 0 saturated carbocycles. The van der Waals surface area contributed by atoms with E-state index in [4.69, 9.17) is 0 Å². The minimum atomic E-state index is -4.46. The van der Waals surface area contributed by atoms with E-state index in [0.29, 0.717) is 23.7 Å². The van der Waals surface area contributed by atoms with E-state index >= 15 is 0 Å². The first-order valence-corrected chi connectivity index (χ1v) is 9.09. The maximum absolute atomic E-state index is 12.9. The number of anilines is 2. The van der Waals surface area contributed by atoms with Crippen molar-refractivity contribution in [2.45, 2.75) is 19.0 Å². The molecule has 0 radical (unpaired) electrons. The number of nitrogens with zero attached hydrogens (tertiary/aromatic N) is 5. The lowest BCUT2D eigenvalue weighted by Crippen LogP contribution is -2.36. The van der Waals surface area contributed by atoms with E-state index in [-0.39, 0.29) is 17.9 Å². The van der Waals surface area contributed by atoms with Gasteiger partial charge in [-0.05, 0) is 43.0 Å². The van der Waals surface area contributed by atoms with E-state index in [1.807, 2.05) is 0 Å². The minimum absolute atomic E-state index is 0. The summed E-state index contributed by atoms with van der Waals surface area (Å²) in [7, 11) is 0. The van der Waals surface area contributed by atoms with Gasteiger partial charge in [0, 0.05) is 43.6 Å². The average molecular weight is 425 g/mol. The number of halogens is 4. The SMILES string of the molecule is Cl.FC(F)(F)c1ccc2c(NCC3CCN(c4ncccn4)CC3)nccc2n1. The largest absolute Gasteiger partial charge is 0.433 e. The van der Waals surface area contributed by atoms with Gasteiger partial charge in [0.25, 0.3) is 0 Å². The summed E-state index contributed by atoms with van der Waals surface area (Å²) in [6, 6.07) is 5.71. The standard InChI is InChI=1S/C19H19F3N6.ClH/c20-19(21,22)16-3-2-14-15(27-16)4-9-23-17(14)26-12-13-5-10-28(11-6-13)18-24-7-1-8-25-18;/h1-4,7-9,13H,5-6,10-12H2,(H,23,26);1H. The van der Waals surface area contributed by atoms with Crippen molar-refractivity contribution in [3.05, 3.63) is 48.5 Å². The third-order valence-electron chi connectivity index (χ3n) is 4.91. The second kappa shape index (κ2) is 8.77. The molecule has 10 heteroatoms. The predicted molar refractivity (Wildman–Crippen MR) is 107 cm³/mol. The molecular formula is C19H20ClF3N6. The molecule has 154 valence electrons. The van der Waals surface area contributed by atoms with Gasteiger partial charge in [0.15, 0.2) is 0 Å². The Morgan fingerprint density at radius 1 is 1.00 bits per heavy atom. The van der Waals surface area contributed by atoms with Gasteiger partial charge in [0.05, 0.1) is 5.52 Å². The van der Waals surface area contributed by atoms with Crippen LogP contribution in [-0.2, 0) is 6.18 Å². The Kier molecular flexibility index (Phi) is 6.36. The first-order valence-electron chi connectivity index (χ1n) is 9.09. The summed E-state index contributed by atoms with van der Waals surface area (Å²) in [4.78, 5) is 18.7. The molecule has 29 heavy (non-hydrogen) atoms. The fourth-order valence-electron chi connectivity index (χ4n) is 3.39. The molecule has 0 aliphatic carbocycles. The molecule has 1 fully saturated rings. The van der Waals surface area contributed by atoms with Crippen LogP contribution in [0, 0.1) is 5.92 Å². The fourth-order valence-corrected chi connectivity index (χ4v) is 3.39. The fraction of sp³-hybridized carbons (Fsp3) is 0.368. The summed E-state index contributed by atoms with van der Waals surface area (Å²) in [5.41, 5.74) is -0.615. The normalized spacial score (nSPS) is 15.2. The van der Waals surface area contributed by atoms with Crippen molar-refractivity contribution in [2.24, 2.45) is 5.92 Å². The van der Waals surface area contributed by atoms with Gasteiger partial charge < -0.3 is 10.2 Å². The lowest BCUT2D eigenvalue weighted by atomic mass is 9.97. The van der Waals surface area contributed by atoms with Crippen LogP contribution in [0.15, 0.2) is 42.9 Å². The van der Waals surface area contributed by atoms with Crippen molar-refractivity contribution in [2.75, 3.05) is 29.9 Å². The Morgan fingerprint density at radius 3 is 2.41 bits per heavy atom. The zero-order valence-corrected chi connectivity index (χ0v) is 16.2. The van der Waals surface area contributed by atoms with Gasteiger partial charge >= 0.3 is 6.18 Å². The van der Waals surface area contributed by atoms with E-state index in [1.165, 1.54) is 18.3 Å². The zero-order chi connectivity index (χ0) is 19.6. The van der Waals surface area contributed by atoms with Crippen molar-refractivity contribution >= 4 is 35.1 Å². The second-order valence-electron chi connectivity index (χ2n) is 6.78. The Balaban J connectivity index is 0.00000240. The first kappa shape index (κ1) is 21.0. The van der Waals surface area contributed by atoms with Crippen LogP contribution in [0.3, 0.4) is 0 Å². The van der Waals surface area contributed by atoms with Gasteiger partial charge in [0.2, 0.25) is 5.95 Å². The van der Waals surface area contributed by atoms with Crippen LogP contribution in [0.1, 0.15) is 18.5 Å². The number of rotatable bonds is 4. The van der Waals surface area contributed by atoms with Gasteiger partial charge in [-0.2, -0.15) is 13.2 Å². The van der Waals surface area contributed by atoms with Crippen molar-refractivity contribution in [3.8, 4) is 0 Å². The highest BCUT2D eigenvalue weighted by Crippen LogP contribution is 2.30. The molecule has 4 rings (SSSR count). The number of pyridine rings is 2. The molecule has 1 saturated heterocycles. The highest BCUT2D eigenvalue weighted by molar-refractivity contribution is 5.89. The third-order valence-corrected chi connectivity index (χ3v) is 4.91. The van der Waals surface area contributed by atoms with Gasteiger partial charge in [-0.25, -0.2) is 19.9 Å². The van der Waals surface area contributed by atoms with Gasteiger partial charge in [-0.1, -0.05) is 0 Å². The van der Waals surface area contributed by atoms with Crippen molar-refractivity contribution in [3.63, 3.8) is 0 Å². The maximum Gasteiger partial charge on any atom is 0.433 e.